The molecule has 1 amide bonds. The van der Waals surface area contributed by atoms with Crippen LogP contribution in [0, 0.1) is 5.92 Å². The predicted octanol–water partition coefficient (Wildman–Crippen LogP) is 3.50. The average molecular weight is 416 g/mol. The number of likely N-dealkylation sites (tertiary alicyclic amines) is 1. The Morgan fingerprint density at radius 2 is 1.90 bits per heavy atom. The van der Waals surface area contributed by atoms with Crippen molar-refractivity contribution < 1.29 is 4.79 Å². The summed E-state index contributed by atoms with van der Waals surface area (Å²) in [5.74, 6) is 0.558. The summed E-state index contributed by atoms with van der Waals surface area (Å²) in [6, 6.07) is 13.9. The van der Waals surface area contributed by atoms with Crippen molar-refractivity contribution in [1.82, 2.24) is 24.8 Å². The lowest BCUT2D eigenvalue weighted by Gasteiger charge is -2.43. The van der Waals surface area contributed by atoms with E-state index in [9.17, 15) is 4.79 Å². The van der Waals surface area contributed by atoms with Gasteiger partial charge in [0.05, 0.1) is 18.1 Å². The molecule has 6 nitrogen and oxygen atoms in total. The van der Waals surface area contributed by atoms with Gasteiger partial charge in [0.25, 0.3) is 5.91 Å². The molecule has 1 atom stereocenters. The second-order valence-electron chi connectivity index (χ2n) is 8.62. The van der Waals surface area contributed by atoms with E-state index in [1.807, 2.05) is 48.8 Å². The normalized spacial score (nSPS) is 19.9. The van der Waals surface area contributed by atoms with Gasteiger partial charge in [-0.1, -0.05) is 24.3 Å². The van der Waals surface area contributed by atoms with E-state index in [1.165, 1.54) is 11.3 Å². The number of carbonyl (C=O) groups is 1. The molecule has 2 aromatic heterocycles. The molecule has 1 fully saturated rings. The van der Waals surface area contributed by atoms with E-state index in [2.05, 4.69) is 30.8 Å². The van der Waals surface area contributed by atoms with Gasteiger partial charge in [-0.25, -0.2) is 4.98 Å². The Bertz CT molecular complexity index is 995. The SMILES string of the molecule is O=C(c1ccccc1)N1CCc2[nH]cnc2C1C1CCN(CCc2cccnc2)CC1. The molecule has 1 N–H and O–H groups in total. The molecule has 6 heteroatoms. The number of benzene rings is 1. The summed E-state index contributed by atoms with van der Waals surface area (Å²) in [4.78, 5) is 30.2. The van der Waals surface area contributed by atoms with Crippen molar-refractivity contribution in [3.05, 3.63) is 83.7 Å². The van der Waals surface area contributed by atoms with Crippen molar-refractivity contribution in [2.24, 2.45) is 5.92 Å². The van der Waals surface area contributed by atoms with Crippen LogP contribution in [-0.4, -0.2) is 56.8 Å². The predicted molar refractivity (Wildman–Crippen MR) is 120 cm³/mol. The molecule has 4 heterocycles. The largest absolute Gasteiger partial charge is 0.348 e. The molecule has 0 aliphatic carbocycles. The van der Waals surface area contributed by atoms with E-state index < -0.39 is 0 Å². The molecule has 0 bridgehead atoms. The van der Waals surface area contributed by atoms with Gasteiger partial charge in [-0.2, -0.15) is 0 Å². The third-order valence-electron chi connectivity index (χ3n) is 6.77. The number of aromatic amines is 1. The van der Waals surface area contributed by atoms with Crippen LogP contribution in [0.15, 0.2) is 61.2 Å². The van der Waals surface area contributed by atoms with Gasteiger partial charge >= 0.3 is 0 Å². The third-order valence-corrected chi connectivity index (χ3v) is 6.77. The summed E-state index contributed by atoms with van der Waals surface area (Å²) < 4.78 is 0. The lowest BCUT2D eigenvalue weighted by atomic mass is 9.83. The fourth-order valence-corrected chi connectivity index (χ4v) is 5.08. The highest BCUT2D eigenvalue weighted by Gasteiger charge is 2.39. The van der Waals surface area contributed by atoms with Crippen LogP contribution in [-0.2, 0) is 12.8 Å². The summed E-state index contributed by atoms with van der Waals surface area (Å²) >= 11 is 0. The van der Waals surface area contributed by atoms with Gasteiger partial charge in [0.1, 0.15) is 0 Å². The van der Waals surface area contributed by atoms with Crippen LogP contribution in [0.5, 0.6) is 0 Å². The number of nitrogens with zero attached hydrogens (tertiary/aromatic N) is 4. The number of piperidine rings is 1. The number of amides is 1. The van der Waals surface area contributed by atoms with Gasteiger partial charge in [0.2, 0.25) is 0 Å². The second kappa shape index (κ2) is 9.02. The highest BCUT2D eigenvalue weighted by Crippen LogP contribution is 2.39. The summed E-state index contributed by atoms with van der Waals surface area (Å²) in [5.41, 5.74) is 4.32. The minimum atomic E-state index is 0.0585. The number of H-pyrrole nitrogens is 1. The van der Waals surface area contributed by atoms with Crippen molar-refractivity contribution in [3.63, 3.8) is 0 Å². The molecular formula is C25H29N5O. The number of fused-ring (bicyclic) bond motifs is 1. The zero-order valence-corrected chi connectivity index (χ0v) is 17.8. The number of pyridine rings is 1. The van der Waals surface area contributed by atoms with Crippen molar-refractivity contribution in [2.75, 3.05) is 26.2 Å². The molecule has 3 aromatic rings. The van der Waals surface area contributed by atoms with Crippen LogP contribution < -0.4 is 0 Å². The highest BCUT2D eigenvalue weighted by molar-refractivity contribution is 5.94. The molecule has 1 aromatic carbocycles. The quantitative estimate of drug-likeness (QED) is 0.693. The Morgan fingerprint density at radius 1 is 1.06 bits per heavy atom. The van der Waals surface area contributed by atoms with Gasteiger partial charge in [0, 0.05) is 43.2 Å². The molecule has 2 aliphatic rings. The first kappa shape index (κ1) is 19.9. The Hall–Kier alpha value is -2.99. The lowest BCUT2D eigenvalue weighted by Crippen LogP contribution is -2.46. The van der Waals surface area contributed by atoms with Gasteiger partial charge in [-0.05, 0) is 62.0 Å². The highest BCUT2D eigenvalue weighted by atomic mass is 16.2. The number of rotatable bonds is 5. The van der Waals surface area contributed by atoms with Crippen molar-refractivity contribution >= 4 is 5.91 Å². The molecule has 160 valence electrons. The fraction of sp³-hybridized carbons (Fsp3) is 0.400. The van der Waals surface area contributed by atoms with Crippen LogP contribution in [0.3, 0.4) is 0 Å². The Morgan fingerprint density at radius 3 is 2.68 bits per heavy atom. The smallest absolute Gasteiger partial charge is 0.254 e. The van der Waals surface area contributed by atoms with E-state index in [0.717, 1.165) is 63.1 Å². The number of carbonyl (C=O) groups excluding carboxylic acids is 1. The summed E-state index contributed by atoms with van der Waals surface area (Å²) in [5, 5.41) is 0. The number of imidazole rings is 1. The number of hydrogen-bond acceptors (Lipinski definition) is 4. The number of nitrogens with one attached hydrogen (secondary N) is 1. The summed E-state index contributed by atoms with van der Waals surface area (Å²) in [7, 11) is 0. The first-order valence-corrected chi connectivity index (χ1v) is 11.3. The minimum Gasteiger partial charge on any atom is -0.348 e. The van der Waals surface area contributed by atoms with Gasteiger partial charge < -0.3 is 14.8 Å². The molecule has 0 saturated carbocycles. The zero-order chi connectivity index (χ0) is 21.0. The lowest BCUT2D eigenvalue weighted by molar-refractivity contribution is 0.0473. The van der Waals surface area contributed by atoms with Crippen LogP contribution in [0.25, 0.3) is 0 Å². The van der Waals surface area contributed by atoms with E-state index >= 15 is 0 Å². The molecule has 0 spiro atoms. The molecule has 2 aliphatic heterocycles. The monoisotopic (exact) mass is 415 g/mol. The number of aromatic nitrogens is 3. The van der Waals surface area contributed by atoms with Crippen molar-refractivity contribution in [3.8, 4) is 0 Å². The molecule has 31 heavy (non-hydrogen) atoms. The van der Waals surface area contributed by atoms with Crippen LogP contribution in [0.2, 0.25) is 0 Å². The third kappa shape index (κ3) is 4.26. The molecule has 1 saturated heterocycles. The fourth-order valence-electron chi connectivity index (χ4n) is 5.08. The van der Waals surface area contributed by atoms with Gasteiger partial charge in [-0.15, -0.1) is 0 Å². The first-order chi connectivity index (χ1) is 15.3. The zero-order valence-electron chi connectivity index (χ0n) is 17.8. The molecule has 0 radical (unpaired) electrons. The Kier molecular flexibility index (Phi) is 5.80. The molecule has 5 rings (SSSR count). The Balaban J connectivity index is 1.28. The summed E-state index contributed by atoms with van der Waals surface area (Å²) in [6.45, 7) is 3.93. The van der Waals surface area contributed by atoms with Crippen LogP contribution in [0.4, 0.5) is 0 Å². The standard InChI is InChI=1S/C25H29N5O/c31-25(21-6-2-1-3-7-21)30-16-11-22-23(28-18-27-22)24(30)20-9-14-29(15-10-20)13-8-19-5-4-12-26-17-19/h1-7,12,17-18,20,24H,8-11,13-16H2,(H,27,28). The van der Waals surface area contributed by atoms with Gasteiger partial charge in [0.15, 0.2) is 0 Å². The van der Waals surface area contributed by atoms with Gasteiger partial charge in [-0.3, -0.25) is 9.78 Å². The maximum absolute atomic E-state index is 13.4. The Labute approximate surface area is 183 Å². The molecular weight excluding hydrogens is 386 g/mol. The van der Waals surface area contributed by atoms with Crippen LogP contribution in [0.1, 0.15) is 46.2 Å². The molecule has 1 unspecified atom stereocenters. The number of hydrogen-bond donors (Lipinski definition) is 1. The minimum absolute atomic E-state index is 0.0585. The maximum Gasteiger partial charge on any atom is 0.254 e. The van der Waals surface area contributed by atoms with E-state index in [1.54, 1.807) is 6.33 Å². The average Bonchev–Trinajstić information content (AvgIpc) is 3.32. The van der Waals surface area contributed by atoms with Crippen LogP contribution >= 0.6 is 0 Å². The van der Waals surface area contributed by atoms with Crippen molar-refractivity contribution in [1.29, 1.82) is 0 Å². The maximum atomic E-state index is 13.4. The topological polar surface area (TPSA) is 65.1 Å². The van der Waals surface area contributed by atoms with Crippen molar-refractivity contribution in [2.45, 2.75) is 31.7 Å². The van der Waals surface area contributed by atoms with E-state index in [-0.39, 0.29) is 11.9 Å². The first-order valence-electron chi connectivity index (χ1n) is 11.3. The summed E-state index contributed by atoms with van der Waals surface area (Å²) in [6.07, 6.45) is 9.62. The van der Waals surface area contributed by atoms with E-state index in [4.69, 9.17) is 0 Å². The van der Waals surface area contributed by atoms with E-state index in [0.29, 0.717) is 5.92 Å². The second-order valence-corrected chi connectivity index (χ2v) is 8.62.